The zero-order valence-corrected chi connectivity index (χ0v) is 18.9. The van der Waals surface area contributed by atoms with Crippen molar-refractivity contribution in [3.8, 4) is 0 Å². The third kappa shape index (κ3) is 3.58. The van der Waals surface area contributed by atoms with Gasteiger partial charge >= 0.3 is 13.2 Å². The molecule has 0 N–H and O–H groups in total. The zero-order chi connectivity index (χ0) is 20.7. The number of esters is 1. The highest BCUT2D eigenvalue weighted by molar-refractivity contribution is 6.92. The summed E-state index contributed by atoms with van der Waals surface area (Å²) in [6.45, 7) is 12.6. The van der Waals surface area contributed by atoms with Crippen LogP contribution in [0, 0.1) is 0 Å². The first-order valence-electron chi connectivity index (χ1n) is 9.66. The Kier molecular flexibility index (Phi) is 5.38. The van der Waals surface area contributed by atoms with Gasteiger partial charge in [0.15, 0.2) is 0 Å². The molecule has 150 valence electrons. The lowest BCUT2D eigenvalue weighted by Crippen LogP contribution is -2.48. The Bertz CT molecular complexity index is 788. The minimum Gasteiger partial charge on any atom is -0.466 e. The second-order valence-electron chi connectivity index (χ2n) is 8.99. The molecule has 1 unspecified atom stereocenters. The number of allylic oxidation sites excluding steroid dienone is 1. The number of rotatable bonds is 4. The minimum absolute atomic E-state index is 0.000948. The lowest BCUT2D eigenvalue weighted by molar-refractivity contribution is -0.136. The molecule has 1 aromatic carbocycles. The van der Waals surface area contributed by atoms with E-state index in [1.54, 1.807) is 0 Å². The van der Waals surface area contributed by atoms with Crippen molar-refractivity contribution in [2.45, 2.75) is 57.5 Å². The van der Waals surface area contributed by atoms with Crippen LogP contribution in [0.5, 0.6) is 0 Å². The van der Waals surface area contributed by atoms with Crippen molar-refractivity contribution in [2.24, 2.45) is 0 Å². The van der Waals surface area contributed by atoms with E-state index in [0.29, 0.717) is 5.57 Å². The molecule has 5 nitrogen and oxygen atoms in total. The maximum atomic E-state index is 12.7. The van der Waals surface area contributed by atoms with Crippen molar-refractivity contribution in [3.63, 3.8) is 0 Å². The summed E-state index contributed by atoms with van der Waals surface area (Å²) < 4.78 is 17.4. The van der Waals surface area contributed by atoms with E-state index in [1.165, 1.54) is 12.3 Å². The van der Waals surface area contributed by atoms with E-state index < -0.39 is 26.5 Å². The van der Waals surface area contributed by atoms with Crippen LogP contribution in [0.4, 0.5) is 0 Å². The van der Waals surface area contributed by atoms with Gasteiger partial charge in [-0.15, -0.1) is 0 Å². The molecule has 1 fully saturated rings. The Morgan fingerprint density at radius 3 is 2.21 bits per heavy atom. The monoisotopic (exact) mass is 399 g/mol. The molecule has 0 bridgehead atoms. The van der Waals surface area contributed by atoms with Gasteiger partial charge in [0.05, 0.1) is 32.0 Å². The molecule has 2 aliphatic heterocycles. The fraction of sp³-hybridized carbons (Fsp3) is 0.476. The maximum Gasteiger partial charge on any atom is 0.598 e. The van der Waals surface area contributed by atoms with Gasteiger partial charge in [-0.25, -0.2) is 4.79 Å². The number of benzene rings is 1. The van der Waals surface area contributed by atoms with Gasteiger partial charge in [-0.05, 0) is 33.9 Å². The second-order valence-corrected chi connectivity index (χ2v) is 13.6. The Morgan fingerprint density at radius 1 is 1.11 bits per heavy atom. The molecule has 0 radical (unpaired) electrons. The summed E-state index contributed by atoms with van der Waals surface area (Å²) in [7, 11) is -1.17. The van der Waals surface area contributed by atoms with Gasteiger partial charge in [-0.2, -0.15) is 0 Å². The summed E-state index contributed by atoms with van der Waals surface area (Å²) in [5, 5.41) is 1.29. The third-order valence-electron chi connectivity index (χ3n) is 6.27. The largest absolute Gasteiger partial charge is 0.598 e. The second kappa shape index (κ2) is 7.21. The van der Waals surface area contributed by atoms with Crippen LogP contribution in [0.2, 0.25) is 18.6 Å². The van der Waals surface area contributed by atoms with Gasteiger partial charge in [0.25, 0.3) is 0 Å². The molecular formula is C21H30BNO4Si. The lowest BCUT2D eigenvalue weighted by atomic mass is 9.90. The quantitative estimate of drug-likeness (QED) is 0.573. The Balaban J connectivity index is 1.94. The van der Waals surface area contributed by atoms with Crippen LogP contribution in [0.15, 0.2) is 54.4 Å². The average Bonchev–Trinajstić information content (AvgIpc) is 2.88. The highest BCUT2D eigenvalue weighted by Gasteiger charge is 2.54. The molecule has 28 heavy (non-hydrogen) atoms. The Morgan fingerprint density at radius 2 is 1.68 bits per heavy atom. The van der Waals surface area contributed by atoms with Gasteiger partial charge in [0.1, 0.15) is 0 Å². The third-order valence-corrected chi connectivity index (χ3v) is 10.2. The van der Waals surface area contributed by atoms with E-state index in [0.717, 1.165) is 0 Å². The summed E-state index contributed by atoms with van der Waals surface area (Å²) in [5.41, 5.74) is -0.249. The van der Waals surface area contributed by atoms with Crippen LogP contribution in [-0.4, -0.2) is 44.4 Å². The van der Waals surface area contributed by atoms with Crippen molar-refractivity contribution in [1.29, 1.82) is 0 Å². The smallest absolute Gasteiger partial charge is 0.466 e. The molecule has 0 aliphatic carbocycles. The first-order valence-corrected chi connectivity index (χ1v) is 12.7. The molecule has 0 spiro atoms. The summed E-state index contributed by atoms with van der Waals surface area (Å²) in [4.78, 5) is 14.5. The predicted molar refractivity (Wildman–Crippen MR) is 114 cm³/mol. The molecule has 7 heteroatoms. The number of carbonyl (C=O) groups is 1. The van der Waals surface area contributed by atoms with Gasteiger partial charge in [-0.3, -0.25) is 0 Å². The molecule has 0 amide bonds. The molecule has 2 aliphatic rings. The van der Waals surface area contributed by atoms with Crippen molar-refractivity contribution in [2.75, 3.05) is 7.11 Å². The van der Waals surface area contributed by atoms with E-state index in [-0.39, 0.29) is 11.5 Å². The van der Waals surface area contributed by atoms with Gasteiger partial charge in [0.2, 0.25) is 0 Å². The molecule has 3 rings (SSSR count). The fourth-order valence-corrected chi connectivity index (χ4v) is 6.56. The molecule has 0 saturated carbocycles. The molecule has 1 saturated heterocycles. The van der Waals surface area contributed by atoms with Crippen molar-refractivity contribution >= 4 is 26.5 Å². The van der Waals surface area contributed by atoms with E-state index in [9.17, 15) is 4.79 Å². The standard InChI is InChI=1S/C21H30BNO4Si/c1-20(2)21(3,4)27-22(26-20)23-14-13-18(17(15-23)19(24)25-5)28(6,7)16-11-9-8-10-12-16/h8-15,18H,1-7H3. The number of carbonyl (C=O) groups excluding carboxylic acids is 1. The number of hydrogen-bond donors (Lipinski definition) is 0. The van der Waals surface area contributed by atoms with Crippen LogP contribution in [0.3, 0.4) is 0 Å². The lowest BCUT2D eigenvalue weighted by Gasteiger charge is -2.36. The Hall–Kier alpha value is -1.83. The van der Waals surface area contributed by atoms with E-state index in [2.05, 4.69) is 43.4 Å². The molecule has 0 aromatic heterocycles. The van der Waals surface area contributed by atoms with Gasteiger partial charge in [-0.1, -0.05) is 54.7 Å². The molecule has 2 heterocycles. The number of methoxy groups -OCH3 is 1. The SMILES string of the molecule is COC(=O)C1=CN(B2OC(C)(C)C(C)(C)O2)C=CC1[Si](C)(C)c1ccccc1. The Labute approximate surface area is 169 Å². The highest BCUT2D eigenvalue weighted by atomic mass is 28.3. The summed E-state index contributed by atoms with van der Waals surface area (Å²) in [5.74, 6) is -0.313. The van der Waals surface area contributed by atoms with Crippen LogP contribution < -0.4 is 5.19 Å². The van der Waals surface area contributed by atoms with Crippen LogP contribution in [0.1, 0.15) is 27.7 Å². The number of hydrogen-bond acceptors (Lipinski definition) is 5. The van der Waals surface area contributed by atoms with E-state index in [1.807, 2.05) is 51.0 Å². The summed E-state index contributed by atoms with van der Waals surface area (Å²) in [6, 6.07) is 10.4. The van der Waals surface area contributed by atoms with Crippen LogP contribution in [0.25, 0.3) is 0 Å². The number of ether oxygens (including phenoxy) is 1. The number of nitrogens with zero attached hydrogens (tertiary/aromatic N) is 1. The van der Waals surface area contributed by atoms with E-state index >= 15 is 0 Å². The minimum atomic E-state index is -2.01. The van der Waals surface area contributed by atoms with E-state index in [4.69, 9.17) is 14.0 Å². The first-order chi connectivity index (χ1) is 13.0. The molecule has 1 atom stereocenters. The van der Waals surface area contributed by atoms with Crippen molar-refractivity contribution in [1.82, 2.24) is 4.81 Å². The van der Waals surface area contributed by atoms with Gasteiger partial charge < -0.3 is 18.9 Å². The van der Waals surface area contributed by atoms with Crippen molar-refractivity contribution in [3.05, 3.63) is 54.4 Å². The summed E-state index contributed by atoms with van der Waals surface area (Å²) in [6.07, 6.45) is 5.89. The first kappa shape index (κ1) is 20.9. The predicted octanol–water partition coefficient (Wildman–Crippen LogP) is 3.45. The normalized spacial score (nSPS) is 23.5. The average molecular weight is 399 g/mol. The van der Waals surface area contributed by atoms with Crippen LogP contribution >= 0.6 is 0 Å². The van der Waals surface area contributed by atoms with Crippen molar-refractivity contribution < 1.29 is 18.8 Å². The van der Waals surface area contributed by atoms with Gasteiger partial charge in [0, 0.05) is 11.7 Å². The summed E-state index contributed by atoms with van der Waals surface area (Å²) >= 11 is 0. The highest BCUT2D eigenvalue weighted by Crippen LogP contribution is 2.40. The maximum absolute atomic E-state index is 12.7. The zero-order valence-electron chi connectivity index (χ0n) is 17.9. The topological polar surface area (TPSA) is 48.0 Å². The molecule has 1 aromatic rings. The molecular weight excluding hydrogens is 369 g/mol. The fourth-order valence-electron chi connectivity index (χ4n) is 3.61. The van der Waals surface area contributed by atoms with Crippen LogP contribution in [-0.2, 0) is 18.8 Å².